The Morgan fingerprint density at radius 1 is 1.23 bits per heavy atom. The van der Waals surface area contributed by atoms with Gasteiger partial charge in [0.05, 0.1) is 12.1 Å². The fraction of sp³-hybridized carbons (Fsp3) is 0.333. The van der Waals surface area contributed by atoms with Crippen molar-refractivity contribution in [1.82, 2.24) is 4.90 Å². The highest BCUT2D eigenvalue weighted by atomic mass is 35.5. The van der Waals surface area contributed by atoms with Crippen molar-refractivity contribution < 1.29 is 19.1 Å². The monoisotopic (exact) mass is 449 g/mol. The molecule has 1 heterocycles. The molecule has 0 atom stereocenters. The van der Waals surface area contributed by atoms with Gasteiger partial charge in [0, 0.05) is 42.4 Å². The number of hydrogen-bond acceptors (Lipinski definition) is 6. The summed E-state index contributed by atoms with van der Waals surface area (Å²) in [5.74, 6) is 1.69. The van der Waals surface area contributed by atoms with E-state index in [0.717, 1.165) is 42.4 Å². The van der Waals surface area contributed by atoms with Gasteiger partial charge in [0.1, 0.15) is 0 Å². The minimum absolute atomic E-state index is 0.153. The zero-order valence-corrected chi connectivity index (χ0v) is 18.2. The molecule has 2 aromatic rings. The number of carbonyl (C=O) groups is 2. The summed E-state index contributed by atoms with van der Waals surface area (Å²) in [5, 5.41) is 3.12. The molecule has 3 rings (SSSR count). The number of para-hydroxylation sites is 1. The normalized spacial score (nSPS) is 14.2. The Labute approximate surface area is 184 Å². The van der Waals surface area contributed by atoms with Gasteiger partial charge in [0.2, 0.25) is 0 Å². The zero-order valence-electron chi connectivity index (χ0n) is 16.7. The van der Waals surface area contributed by atoms with Gasteiger partial charge >= 0.3 is 0 Å². The Kier molecular flexibility index (Phi) is 7.84. The Bertz CT molecular complexity index is 919. The van der Waals surface area contributed by atoms with E-state index in [4.69, 9.17) is 26.8 Å². The van der Waals surface area contributed by atoms with Gasteiger partial charge in [-0.15, -0.1) is 0 Å². The summed E-state index contributed by atoms with van der Waals surface area (Å²) in [4.78, 5) is 26.3. The largest absolute Gasteiger partial charge is 0.493 e. The lowest BCUT2D eigenvalue weighted by Crippen LogP contribution is -2.32. The van der Waals surface area contributed by atoms with E-state index in [1.165, 1.54) is 19.2 Å². The van der Waals surface area contributed by atoms with E-state index in [0.29, 0.717) is 5.56 Å². The number of carbonyl (C=O) groups excluding carboxylic acids is 2. The molecule has 2 amide bonds. The number of nitrogens with zero attached hydrogens (tertiary/aromatic N) is 1. The van der Waals surface area contributed by atoms with E-state index >= 15 is 0 Å². The third kappa shape index (κ3) is 5.81. The highest BCUT2D eigenvalue weighted by Crippen LogP contribution is 2.36. The van der Waals surface area contributed by atoms with Gasteiger partial charge in [-0.2, -0.15) is 11.8 Å². The molecule has 1 aliphatic rings. The molecule has 0 spiro atoms. The second-order valence-corrected chi connectivity index (χ2v) is 8.38. The van der Waals surface area contributed by atoms with Crippen molar-refractivity contribution in [2.45, 2.75) is 6.54 Å². The van der Waals surface area contributed by atoms with Crippen LogP contribution in [0, 0.1) is 0 Å². The third-order valence-electron chi connectivity index (χ3n) is 4.61. The Hall–Kier alpha value is -2.42. The molecule has 0 unspecified atom stereocenters. The first-order chi connectivity index (χ1) is 14.5. The van der Waals surface area contributed by atoms with Crippen LogP contribution in [0.3, 0.4) is 0 Å². The number of halogens is 1. The van der Waals surface area contributed by atoms with Gasteiger partial charge in [-0.05, 0) is 23.8 Å². The van der Waals surface area contributed by atoms with Crippen LogP contribution in [0.5, 0.6) is 11.5 Å². The average molecular weight is 450 g/mol. The van der Waals surface area contributed by atoms with Gasteiger partial charge in [-0.1, -0.05) is 29.8 Å². The number of benzene rings is 2. The summed E-state index contributed by atoms with van der Waals surface area (Å²) in [7, 11) is 1.43. The number of nitrogens with one attached hydrogen (secondary N) is 1. The van der Waals surface area contributed by atoms with Crippen molar-refractivity contribution in [2.24, 2.45) is 5.73 Å². The summed E-state index contributed by atoms with van der Waals surface area (Å²) >= 11 is 8.22. The molecule has 7 nitrogen and oxygen atoms in total. The van der Waals surface area contributed by atoms with Crippen LogP contribution in [0.4, 0.5) is 5.69 Å². The minimum atomic E-state index is -0.640. The maximum absolute atomic E-state index is 12.9. The molecule has 9 heteroatoms. The number of methoxy groups -OCH3 is 1. The Balaban J connectivity index is 1.77. The first-order valence-electron chi connectivity index (χ1n) is 9.46. The number of hydrogen-bond donors (Lipinski definition) is 2. The first-order valence-corrected chi connectivity index (χ1v) is 11.0. The lowest BCUT2D eigenvalue weighted by molar-refractivity contribution is -0.119. The maximum atomic E-state index is 12.9. The summed E-state index contributed by atoms with van der Waals surface area (Å²) in [5.41, 5.74) is 7.23. The number of anilines is 1. The van der Waals surface area contributed by atoms with E-state index in [1.54, 1.807) is 0 Å². The van der Waals surface area contributed by atoms with Crippen molar-refractivity contribution in [3.05, 3.63) is 52.5 Å². The Morgan fingerprint density at radius 3 is 2.67 bits per heavy atom. The van der Waals surface area contributed by atoms with Crippen LogP contribution in [0.25, 0.3) is 0 Å². The van der Waals surface area contributed by atoms with E-state index in [1.807, 2.05) is 36.0 Å². The van der Waals surface area contributed by atoms with Crippen LogP contribution in [-0.4, -0.2) is 55.0 Å². The summed E-state index contributed by atoms with van der Waals surface area (Å²) in [6.45, 7) is 2.50. The standard InChI is InChI=1S/C21H24ClN3O4S/c1-28-18-11-15(10-16(22)20(18)29-13-19(23)26)21(27)24-17-5-3-2-4-14(17)12-25-6-8-30-9-7-25/h2-5,10-11H,6-9,12-13H2,1H3,(H2,23,26)(H,24,27). The molecule has 0 bridgehead atoms. The van der Waals surface area contributed by atoms with E-state index in [9.17, 15) is 9.59 Å². The van der Waals surface area contributed by atoms with E-state index in [2.05, 4.69) is 10.2 Å². The van der Waals surface area contributed by atoms with Crippen molar-refractivity contribution in [3.63, 3.8) is 0 Å². The number of thioether (sulfide) groups is 1. The quantitative estimate of drug-likeness (QED) is 0.643. The number of primary amides is 1. The minimum Gasteiger partial charge on any atom is -0.493 e. The third-order valence-corrected chi connectivity index (χ3v) is 5.84. The average Bonchev–Trinajstić information content (AvgIpc) is 2.74. The number of nitrogens with two attached hydrogens (primary N) is 1. The van der Waals surface area contributed by atoms with Crippen molar-refractivity contribution in [2.75, 3.05) is 43.6 Å². The Morgan fingerprint density at radius 2 is 1.97 bits per heavy atom. The molecular weight excluding hydrogens is 426 g/mol. The molecule has 3 N–H and O–H groups in total. The molecule has 1 aliphatic heterocycles. The van der Waals surface area contributed by atoms with Crippen molar-refractivity contribution >= 4 is 40.9 Å². The number of amides is 2. The predicted molar refractivity (Wildman–Crippen MR) is 120 cm³/mol. The smallest absolute Gasteiger partial charge is 0.255 e. The van der Waals surface area contributed by atoms with Gasteiger partial charge in [0.25, 0.3) is 11.8 Å². The fourth-order valence-electron chi connectivity index (χ4n) is 3.11. The van der Waals surface area contributed by atoms with E-state index < -0.39 is 5.91 Å². The molecule has 0 aliphatic carbocycles. The van der Waals surface area contributed by atoms with Gasteiger partial charge < -0.3 is 20.5 Å². The summed E-state index contributed by atoms with van der Waals surface area (Å²) in [6, 6.07) is 10.7. The molecule has 0 saturated carbocycles. The van der Waals surface area contributed by atoms with Gasteiger partial charge in [-0.3, -0.25) is 14.5 Å². The molecule has 1 saturated heterocycles. The van der Waals surface area contributed by atoms with Crippen molar-refractivity contribution in [1.29, 1.82) is 0 Å². The van der Waals surface area contributed by atoms with Crippen LogP contribution in [0.2, 0.25) is 5.02 Å². The molecule has 2 aromatic carbocycles. The van der Waals surface area contributed by atoms with Gasteiger partial charge in [-0.25, -0.2) is 0 Å². The second-order valence-electron chi connectivity index (χ2n) is 6.74. The van der Waals surface area contributed by atoms with Crippen LogP contribution in [-0.2, 0) is 11.3 Å². The highest BCUT2D eigenvalue weighted by molar-refractivity contribution is 7.99. The van der Waals surface area contributed by atoms with Crippen molar-refractivity contribution in [3.8, 4) is 11.5 Å². The molecule has 0 radical (unpaired) electrons. The zero-order chi connectivity index (χ0) is 21.5. The SMILES string of the molecule is COc1cc(C(=O)Nc2ccccc2CN2CCSCC2)cc(Cl)c1OCC(N)=O. The topological polar surface area (TPSA) is 93.9 Å². The molecule has 0 aromatic heterocycles. The first kappa shape index (κ1) is 22.3. The molecule has 160 valence electrons. The van der Waals surface area contributed by atoms with Crippen LogP contribution < -0.4 is 20.5 Å². The second kappa shape index (κ2) is 10.6. The van der Waals surface area contributed by atoms with E-state index in [-0.39, 0.29) is 29.0 Å². The molecule has 30 heavy (non-hydrogen) atoms. The lowest BCUT2D eigenvalue weighted by Gasteiger charge is -2.27. The van der Waals surface area contributed by atoms with Gasteiger partial charge in [0.15, 0.2) is 18.1 Å². The van der Waals surface area contributed by atoms with Crippen LogP contribution in [0.15, 0.2) is 36.4 Å². The van der Waals surface area contributed by atoms with Crippen LogP contribution in [0.1, 0.15) is 15.9 Å². The maximum Gasteiger partial charge on any atom is 0.255 e. The number of ether oxygens (including phenoxy) is 2. The number of rotatable bonds is 8. The summed E-state index contributed by atoms with van der Waals surface area (Å²) < 4.78 is 10.6. The summed E-state index contributed by atoms with van der Waals surface area (Å²) in [6.07, 6.45) is 0. The predicted octanol–water partition coefficient (Wildman–Crippen LogP) is 3.01. The lowest BCUT2D eigenvalue weighted by atomic mass is 10.1. The highest BCUT2D eigenvalue weighted by Gasteiger charge is 2.18. The molecule has 1 fully saturated rings. The molecular formula is C21H24ClN3O4S. The fourth-order valence-corrected chi connectivity index (χ4v) is 4.35. The van der Waals surface area contributed by atoms with Crippen LogP contribution >= 0.6 is 23.4 Å².